The highest BCUT2D eigenvalue weighted by Crippen LogP contribution is 2.25. The molecular weight excluding hydrogens is 456 g/mol. The summed E-state index contributed by atoms with van der Waals surface area (Å²) in [6, 6.07) is 17.4. The number of nitro benzene ring substituents is 1. The lowest BCUT2D eigenvalue weighted by molar-refractivity contribution is -0.389. The summed E-state index contributed by atoms with van der Waals surface area (Å²) in [5.41, 5.74) is 4.73. The van der Waals surface area contributed by atoms with E-state index in [1.165, 1.54) is 29.1 Å². The molecule has 0 unspecified atom stereocenters. The molecular formula is C23H18N6O6. The van der Waals surface area contributed by atoms with Crippen LogP contribution in [-0.2, 0) is 6.54 Å². The molecule has 4 aromatic rings. The predicted molar refractivity (Wildman–Crippen MR) is 125 cm³/mol. The first-order valence-electron chi connectivity index (χ1n) is 10.3. The molecule has 12 heteroatoms. The second-order valence-corrected chi connectivity index (χ2v) is 7.46. The van der Waals surface area contributed by atoms with Crippen LogP contribution in [0.1, 0.15) is 27.4 Å². The van der Waals surface area contributed by atoms with E-state index in [1.54, 1.807) is 55.5 Å². The monoisotopic (exact) mass is 474 g/mol. The minimum Gasteiger partial charge on any atom is -0.455 e. The van der Waals surface area contributed by atoms with Crippen LogP contribution in [0.2, 0.25) is 0 Å². The number of hydrogen-bond donors (Lipinski definition) is 1. The van der Waals surface area contributed by atoms with E-state index in [2.05, 4.69) is 15.6 Å². The van der Waals surface area contributed by atoms with E-state index in [1.807, 2.05) is 0 Å². The highest BCUT2D eigenvalue weighted by atomic mass is 16.6. The summed E-state index contributed by atoms with van der Waals surface area (Å²) in [5.74, 6) is 0.120. The molecule has 0 saturated carbocycles. The number of nitrogens with one attached hydrogen (secondary N) is 1. The van der Waals surface area contributed by atoms with Crippen LogP contribution in [0.15, 0.2) is 76.2 Å². The Labute approximate surface area is 197 Å². The third kappa shape index (κ3) is 5.45. The van der Waals surface area contributed by atoms with Crippen molar-refractivity contribution in [2.24, 2.45) is 5.10 Å². The number of furan rings is 1. The van der Waals surface area contributed by atoms with E-state index in [-0.39, 0.29) is 11.5 Å². The summed E-state index contributed by atoms with van der Waals surface area (Å²) >= 11 is 0. The number of aryl methyl sites for hydroxylation is 1. The molecule has 1 N–H and O–H groups in total. The van der Waals surface area contributed by atoms with Crippen molar-refractivity contribution in [3.8, 4) is 11.3 Å². The third-order valence-corrected chi connectivity index (χ3v) is 5.03. The molecule has 0 aliphatic heterocycles. The number of amides is 1. The number of carbonyl (C=O) groups excluding carboxylic acids is 1. The summed E-state index contributed by atoms with van der Waals surface area (Å²) in [5, 5.41) is 29.6. The minimum atomic E-state index is -0.547. The molecule has 0 fully saturated rings. The van der Waals surface area contributed by atoms with Crippen LogP contribution in [0.4, 0.5) is 11.5 Å². The van der Waals surface area contributed by atoms with Crippen molar-refractivity contribution in [1.82, 2.24) is 15.2 Å². The summed E-state index contributed by atoms with van der Waals surface area (Å²) in [7, 11) is 0. The first-order valence-corrected chi connectivity index (χ1v) is 10.3. The fourth-order valence-corrected chi connectivity index (χ4v) is 3.25. The van der Waals surface area contributed by atoms with E-state index < -0.39 is 15.8 Å². The Hall–Kier alpha value is -5.13. The number of hydrogen-bond acceptors (Lipinski definition) is 8. The van der Waals surface area contributed by atoms with Gasteiger partial charge in [0, 0.05) is 23.3 Å². The highest BCUT2D eigenvalue weighted by Gasteiger charge is 2.15. The normalized spacial score (nSPS) is 11.0. The van der Waals surface area contributed by atoms with Gasteiger partial charge in [-0.2, -0.15) is 9.78 Å². The second-order valence-electron chi connectivity index (χ2n) is 7.46. The molecule has 0 atom stereocenters. The van der Waals surface area contributed by atoms with E-state index in [4.69, 9.17) is 4.42 Å². The van der Waals surface area contributed by atoms with Crippen molar-refractivity contribution < 1.29 is 19.1 Å². The average Bonchev–Trinajstić information content (AvgIpc) is 3.46. The smallest absolute Gasteiger partial charge is 0.390 e. The number of benzene rings is 2. The molecule has 2 aromatic heterocycles. The molecule has 0 saturated heterocycles. The zero-order valence-corrected chi connectivity index (χ0v) is 18.3. The molecule has 176 valence electrons. The summed E-state index contributed by atoms with van der Waals surface area (Å²) in [4.78, 5) is 33.1. The van der Waals surface area contributed by atoms with Crippen LogP contribution in [0.3, 0.4) is 0 Å². The van der Waals surface area contributed by atoms with Gasteiger partial charge >= 0.3 is 5.82 Å². The maximum absolute atomic E-state index is 12.4. The maximum Gasteiger partial charge on any atom is 0.390 e. The molecule has 2 heterocycles. The molecule has 2 aromatic carbocycles. The Morgan fingerprint density at radius 3 is 2.54 bits per heavy atom. The number of rotatable bonds is 8. The fourth-order valence-electron chi connectivity index (χ4n) is 3.25. The van der Waals surface area contributed by atoms with Crippen LogP contribution in [0.25, 0.3) is 11.3 Å². The first kappa shape index (κ1) is 23.0. The van der Waals surface area contributed by atoms with Crippen LogP contribution < -0.4 is 5.43 Å². The molecule has 35 heavy (non-hydrogen) atoms. The molecule has 1 amide bonds. The minimum absolute atomic E-state index is 0.0477. The second kappa shape index (κ2) is 9.79. The van der Waals surface area contributed by atoms with Crippen LogP contribution in [0.5, 0.6) is 0 Å². The van der Waals surface area contributed by atoms with Crippen LogP contribution >= 0.6 is 0 Å². The number of nitrogens with zero attached hydrogens (tertiary/aromatic N) is 5. The number of hydrazone groups is 1. The Kier molecular flexibility index (Phi) is 6.44. The van der Waals surface area contributed by atoms with E-state index in [0.717, 1.165) is 5.56 Å². The van der Waals surface area contributed by atoms with Gasteiger partial charge in [-0.05, 0) is 41.7 Å². The standard InChI is InChI=1S/C23H18N6O6/c1-15-11-22(29(33)34)26-27(15)14-16-5-7-17(8-6-16)23(30)25-24-13-20-9-10-21(35-20)18-3-2-4-19(12-18)28(31)32/h2-13H,14H2,1H3,(H,25,30). The van der Waals surface area contributed by atoms with Crippen molar-refractivity contribution in [2.75, 3.05) is 0 Å². The Morgan fingerprint density at radius 2 is 1.86 bits per heavy atom. The predicted octanol–water partition coefficient (Wildman–Crippen LogP) is 4.08. The molecule has 0 bridgehead atoms. The third-order valence-electron chi connectivity index (χ3n) is 5.03. The molecule has 0 spiro atoms. The average molecular weight is 474 g/mol. The zero-order chi connectivity index (χ0) is 24.9. The van der Waals surface area contributed by atoms with Gasteiger partial charge in [0.05, 0.1) is 34.5 Å². The van der Waals surface area contributed by atoms with Gasteiger partial charge in [0.15, 0.2) is 0 Å². The van der Waals surface area contributed by atoms with Crippen LogP contribution in [-0.4, -0.2) is 31.7 Å². The molecule has 0 aliphatic carbocycles. The number of non-ortho nitro benzene ring substituents is 1. The zero-order valence-electron chi connectivity index (χ0n) is 18.3. The van der Waals surface area contributed by atoms with Crippen molar-refractivity contribution >= 4 is 23.6 Å². The van der Waals surface area contributed by atoms with E-state index >= 15 is 0 Å². The van der Waals surface area contributed by atoms with Gasteiger partial charge in [0.25, 0.3) is 11.6 Å². The lowest BCUT2D eigenvalue weighted by atomic mass is 10.1. The number of aromatic nitrogens is 2. The largest absolute Gasteiger partial charge is 0.455 e. The van der Waals surface area contributed by atoms with Gasteiger partial charge in [-0.15, -0.1) is 0 Å². The first-order chi connectivity index (χ1) is 16.8. The fraction of sp³-hybridized carbons (Fsp3) is 0.0870. The van der Waals surface area contributed by atoms with Gasteiger partial charge in [0.2, 0.25) is 0 Å². The van der Waals surface area contributed by atoms with E-state index in [0.29, 0.717) is 34.9 Å². The lowest BCUT2D eigenvalue weighted by Gasteiger charge is -2.03. The lowest BCUT2D eigenvalue weighted by Crippen LogP contribution is -2.17. The van der Waals surface area contributed by atoms with Crippen LogP contribution in [0, 0.1) is 27.2 Å². The number of carbonyl (C=O) groups is 1. The van der Waals surface area contributed by atoms with E-state index in [9.17, 15) is 25.0 Å². The van der Waals surface area contributed by atoms with Crippen molar-refractivity contribution in [3.63, 3.8) is 0 Å². The molecule has 0 radical (unpaired) electrons. The van der Waals surface area contributed by atoms with Crippen molar-refractivity contribution in [2.45, 2.75) is 13.5 Å². The SMILES string of the molecule is Cc1cc([N+](=O)[O-])nn1Cc1ccc(C(=O)NN=Cc2ccc(-c3cccc([N+](=O)[O-])c3)o2)cc1. The van der Waals surface area contributed by atoms with Gasteiger partial charge < -0.3 is 14.5 Å². The van der Waals surface area contributed by atoms with Gasteiger partial charge in [-0.25, -0.2) is 5.43 Å². The topological polar surface area (TPSA) is 159 Å². The highest BCUT2D eigenvalue weighted by molar-refractivity contribution is 5.94. The Morgan fingerprint density at radius 1 is 1.09 bits per heavy atom. The summed E-state index contributed by atoms with van der Waals surface area (Å²) in [6.07, 6.45) is 1.32. The Bertz CT molecular complexity index is 1440. The van der Waals surface area contributed by atoms with Gasteiger partial charge in [-0.1, -0.05) is 24.3 Å². The molecule has 12 nitrogen and oxygen atoms in total. The quantitative estimate of drug-likeness (QED) is 0.229. The molecule has 4 rings (SSSR count). The van der Waals surface area contributed by atoms with Gasteiger partial charge in [0.1, 0.15) is 11.5 Å². The summed E-state index contributed by atoms with van der Waals surface area (Å²) in [6.45, 7) is 2.05. The Balaban J connectivity index is 1.36. The van der Waals surface area contributed by atoms with Crippen molar-refractivity contribution in [3.05, 3.63) is 110 Å². The van der Waals surface area contributed by atoms with Crippen molar-refractivity contribution in [1.29, 1.82) is 0 Å². The van der Waals surface area contributed by atoms with Gasteiger partial charge in [-0.3, -0.25) is 14.9 Å². The molecule has 0 aliphatic rings. The maximum atomic E-state index is 12.4. The number of nitro groups is 2. The summed E-state index contributed by atoms with van der Waals surface area (Å²) < 4.78 is 7.13.